The molecule has 1 heterocycles. The molecule has 0 fully saturated rings. The molecule has 3 aromatic rings. The second-order valence-electron chi connectivity index (χ2n) is 6.74. The zero-order valence-corrected chi connectivity index (χ0v) is 18.1. The smallest absolute Gasteiger partial charge is 0.242 e. The Kier molecular flexibility index (Phi) is 6.28. The highest BCUT2D eigenvalue weighted by Gasteiger charge is 2.18. The van der Waals surface area contributed by atoms with Gasteiger partial charge in [-0.3, -0.25) is 4.79 Å². The SMILES string of the molecule is COc1ccc(NC(=O)CCn2cnc3cc(S(=O)(=O)N(C)C)ccc32)c(OC)c1. The Morgan fingerprint density at radius 2 is 1.90 bits per heavy atom. The number of carbonyl (C=O) groups excluding carboxylic acids is 1. The molecule has 0 aliphatic rings. The third kappa shape index (κ3) is 4.39. The molecule has 0 aliphatic heterocycles. The first-order valence-electron chi connectivity index (χ1n) is 9.15. The molecule has 1 aromatic heterocycles. The van der Waals surface area contributed by atoms with E-state index < -0.39 is 10.0 Å². The van der Waals surface area contributed by atoms with Gasteiger partial charge in [-0.05, 0) is 30.3 Å². The van der Waals surface area contributed by atoms with Gasteiger partial charge in [-0.15, -0.1) is 0 Å². The summed E-state index contributed by atoms with van der Waals surface area (Å²) in [6, 6.07) is 9.92. The number of sulfonamides is 1. The van der Waals surface area contributed by atoms with Gasteiger partial charge in [0.15, 0.2) is 0 Å². The quantitative estimate of drug-likeness (QED) is 0.586. The number of aromatic nitrogens is 2. The van der Waals surface area contributed by atoms with Crippen molar-refractivity contribution in [2.75, 3.05) is 33.6 Å². The van der Waals surface area contributed by atoms with Crippen molar-refractivity contribution in [3.8, 4) is 11.5 Å². The van der Waals surface area contributed by atoms with E-state index in [9.17, 15) is 13.2 Å². The lowest BCUT2D eigenvalue weighted by Gasteiger charge is -2.12. The van der Waals surface area contributed by atoms with E-state index in [2.05, 4.69) is 10.3 Å². The number of amides is 1. The van der Waals surface area contributed by atoms with E-state index in [-0.39, 0.29) is 17.2 Å². The summed E-state index contributed by atoms with van der Waals surface area (Å²) < 4.78 is 38.0. The number of aryl methyl sites for hydroxylation is 1. The van der Waals surface area contributed by atoms with Crippen LogP contribution in [0.2, 0.25) is 0 Å². The number of anilines is 1. The third-order valence-electron chi connectivity index (χ3n) is 4.63. The predicted molar refractivity (Wildman–Crippen MR) is 113 cm³/mol. The van der Waals surface area contributed by atoms with Gasteiger partial charge in [-0.2, -0.15) is 0 Å². The summed E-state index contributed by atoms with van der Waals surface area (Å²) in [6.45, 7) is 0.389. The fourth-order valence-electron chi connectivity index (χ4n) is 2.93. The number of rotatable bonds is 8. The van der Waals surface area contributed by atoms with Crippen LogP contribution in [0.25, 0.3) is 11.0 Å². The normalized spacial score (nSPS) is 11.6. The maximum absolute atomic E-state index is 12.4. The van der Waals surface area contributed by atoms with Crippen LogP contribution in [-0.2, 0) is 21.4 Å². The van der Waals surface area contributed by atoms with Gasteiger partial charge in [0.25, 0.3) is 0 Å². The minimum absolute atomic E-state index is 0.176. The summed E-state index contributed by atoms with van der Waals surface area (Å²) in [6.07, 6.45) is 1.80. The van der Waals surface area contributed by atoms with E-state index in [4.69, 9.17) is 9.47 Å². The first-order chi connectivity index (χ1) is 14.3. The van der Waals surface area contributed by atoms with Gasteiger partial charge >= 0.3 is 0 Å². The number of carbonyl (C=O) groups is 1. The molecule has 0 atom stereocenters. The molecular weight excluding hydrogens is 408 g/mol. The number of hydrogen-bond acceptors (Lipinski definition) is 6. The summed E-state index contributed by atoms with van der Waals surface area (Å²) in [7, 11) is 2.51. The third-order valence-corrected chi connectivity index (χ3v) is 6.44. The van der Waals surface area contributed by atoms with Crippen LogP contribution in [0.15, 0.2) is 47.6 Å². The van der Waals surface area contributed by atoms with Gasteiger partial charge in [0.1, 0.15) is 11.5 Å². The van der Waals surface area contributed by atoms with E-state index >= 15 is 0 Å². The topological polar surface area (TPSA) is 103 Å². The van der Waals surface area contributed by atoms with E-state index in [0.717, 1.165) is 9.82 Å². The van der Waals surface area contributed by atoms with Crippen molar-refractivity contribution in [2.24, 2.45) is 0 Å². The number of hydrogen-bond donors (Lipinski definition) is 1. The van der Waals surface area contributed by atoms with Crippen LogP contribution in [0.5, 0.6) is 11.5 Å². The average molecular weight is 433 g/mol. The van der Waals surface area contributed by atoms with Crippen LogP contribution in [0, 0.1) is 0 Å². The molecule has 0 aliphatic carbocycles. The maximum Gasteiger partial charge on any atom is 0.242 e. The van der Waals surface area contributed by atoms with E-state index in [0.29, 0.717) is 29.2 Å². The van der Waals surface area contributed by atoms with Gasteiger partial charge in [-0.25, -0.2) is 17.7 Å². The number of fused-ring (bicyclic) bond motifs is 1. The molecule has 3 rings (SSSR count). The number of benzene rings is 2. The monoisotopic (exact) mass is 432 g/mol. The van der Waals surface area contributed by atoms with Crippen LogP contribution in [0.3, 0.4) is 0 Å². The highest BCUT2D eigenvalue weighted by atomic mass is 32.2. The Balaban J connectivity index is 1.71. The zero-order chi connectivity index (χ0) is 21.9. The van der Waals surface area contributed by atoms with Crippen LogP contribution in [-0.4, -0.2) is 56.5 Å². The minimum Gasteiger partial charge on any atom is -0.497 e. The average Bonchev–Trinajstić information content (AvgIpc) is 3.14. The van der Waals surface area contributed by atoms with Crippen molar-refractivity contribution in [1.29, 1.82) is 0 Å². The lowest BCUT2D eigenvalue weighted by Crippen LogP contribution is -2.22. The summed E-state index contributed by atoms with van der Waals surface area (Å²) >= 11 is 0. The molecule has 30 heavy (non-hydrogen) atoms. The Morgan fingerprint density at radius 1 is 1.13 bits per heavy atom. The Hall–Kier alpha value is -3.11. The molecule has 0 spiro atoms. The summed E-state index contributed by atoms with van der Waals surface area (Å²) in [4.78, 5) is 16.9. The molecule has 0 saturated heterocycles. The molecule has 1 N–H and O–H groups in total. The molecule has 1 amide bonds. The van der Waals surface area contributed by atoms with Gasteiger partial charge < -0.3 is 19.4 Å². The molecule has 10 heteroatoms. The largest absolute Gasteiger partial charge is 0.497 e. The van der Waals surface area contributed by atoms with Gasteiger partial charge in [0, 0.05) is 33.1 Å². The van der Waals surface area contributed by atoms with Crippen LogP contribution >= 0.6 is 0 Å². The number of imidazole rings is 1. The van der Waals surface area contributed by atoms with Gasteiger partial charge in [0.05, 0.1) is 42.2 Å². The zero-order valence-electron chi connectivity index (χ0n) is 17.2. The second kappa shape index (κ2) is 8.72. The molecule has 0 saturated carbocycles. The van der Waals surface area contributed by atoms with Crippen molar-refractivity contribution in [1.82, 2.24) is 13.9 Å². The fourth-order valence-corrected chi connectivity index (χ4v) is 3.85. The number of ether oxygens (including phenoxy) is 2. The van der Waals surface area contributed by atoms with Crippen molar-refractivity contribution >= 4 is 32.7 Å². The van der Waals surface area contributed by atoms with Crippen molar-refractivity contribution in [3.05, 3.63) is 42.7 Å². The first-order valence-corrected chi connectivity index (χ1v) is 10.6. The highest BCUT2D eigenvalue weighted by Crippen LogP contribution is 2.29. The maximum atomic E-state index is 12.4. The van der Waals surface area contributed by atoms with Crippen LogP contribution in [0.4, 0.5) is 5.69 Å². The number of nitrogens with zero attached hydrogens (tertiary/aromatic N) is 3. The van der Waals surface area contributed by atoms with Crippen LogP contribution in [0.1, 0.15) is 6.42 Å². The molecule has 0 unspecified atom stereocenters. The standard InChI is InChI=1S/C20H24N4O5S/c1-23(2)30(26,27)15-6-8-18-17(12-15)21-13-24(18)10-9-20(25)22-16-7-5-14(28-3)11-19(16)29-4/h5-8,11-13H,9-10H2,1-4H3,(H,22,25). The van der Waals surface area contributed by atoms with E-state index in [1.807, 2.05) is 4.57 Å². The predicted octanol–water partition coefficient (Wildman–Crippen LogP) is 2.33. The molecular formula is C20H24N4O5S. The molecule has 0 bridgehead atoms. The van der Waals surface area contributed by atoms with E-state index in [1.54, 1.807) is 37.7 Å². The van der Waals surface area contributed by atoms with E-state index in [1.165, 1.54) is 33.3 Å². The first kappa shape index (κ1) is 21.6. The van der Waals surface area contributed by atoms with Gasteiger partial charge in [-0.1, -0.05) is 0 Å². The van der Waals surface area contributed by atoms with Crippen molar-refractivity contribution < 1.29 is 22.7 Å². The fraction of sp³-hybridized carbons (Fsp3) is 0.300. The van der Waals surface area contributed by atoms with Crippen molar-refractivity contribution in [3.63, 3.8) is 0 Å². The van der Waals surface area contributed by atoms with Crippen molar-refractivity contribution in [2.45, 2.75) is 17.9 Å². The van der Waals surface area contributed by atoms with Gasteiger partial charge in [0.2, 0.25) is 15.9 Å². The van der Waals surface area contributed by atoms with Crippen LogP contribution < -0.4 is 14.8 Å². The molecule has 9 nitrogen and oxygen atoms in total. The number of methoxy groups -OCH3 is 2. The molecule has 0 radical (unpaired) electrons. The lowest BCUT2D eigenvalue weighted by atomic mass is 10.2. The minimum atomic E-state index is -3.53. The summed E-state index contributed by atoms with van der Waals surface area (Å²) in [5.41, 5.74) is 1.86. The Bertz CT molecular complexity index is 1170. The lowest BCUT2D eigenvalue weighted by molar-refractivity contribution is -0.116. The second-order valence-corrected chi connectivity index (χ2v) is 8.89. The Labute approximate surface area is 175 Å². The molecule has 2 aromatic carbocycles. The number of nitrogens with one attached hydrogen (secondary N) is 1. The highest BCUT2D eigenvalue weighted by molar-refractivity contribution is 7.89. The Morgan fingerprint density at radius 3 is 2.57 bits per heavy atom. The summed E-state index contributed by atoms with van der Waals surface area (Å²) in [5, 5.41) is 2.83. The summed E-state index contributed by atoms with van der Waals surface area (Å²) in [5.74, 6) is 0.947. The molecule has 160 valence electrons.